The van der Waals surface area contributed by atoms with Crippen LogP contribution in [0.3, 0.4) is 0 Å². The van der Waals surface area contributed by atoms with Crippen molar-refractivity contribution in [3.05, 3.63) is 89.2 Å². The van der Waals surface area contributed by atoms with Crippen LogP contribution in [-0.2, 0) is 11.8 Å². The van der Waals surface area contributed by atoms with Gasteiger partial charge in [-0.1, -0.05) is 24.3 Å². The maximum Gasteiger partial charge on any atom is 0.573 e. The molecule has 1 N–H and O–H groups in total. The molecule has 4 rings (SSSR count). The van der Waals surface area contributed by atoms with E-state index >= 15 is 0 Å². The van der Waals surface area contributed by atoms with Gasteiger partial charge in [0.1, 0.15) is 17.4 Å². The van der Waals surface area contributed by atoms with Gasteiger partial charge in [-0.2, -0.15) is 13.2 Å². The molecule has 2 unspecified atom stereocenters. The number of halogens is 8. The molecule has 2 aromatic carbocycles. The highest BCUT2D eigenvalue weighted by Crippen LogP contribution is 2.49. The van der Waals surface area contributed by atoms with Crippen molar-refractivity contribution in [2.24, 2.45) is 0 Å². The number of β-amino-alcohol motifs (C(OH)–C–C–N with tert-alkyl or cyclic N) is 1. The van der Waals surface area contributed by atoms with Crippen LogP contribution in [0.2, 0.25) is 0 Å². The molecule has 0 amide bonds. The summed E-state index contributed by atoms with van der Waals surface area (Å²) in [6, 6.07) is 11.0. The predicted molar refractivity (Wildman–Crippen MR) is 112 cm³/mol. The Morgan fingerprint density at radius 2 is 1.72 bits per heavy atom. The van der Waals surface area contributed by atoms with Crippen molar-refractivity contribution < 1.29 is 45.0 Å². The second-order valence-electron chi connectivity index (χ2n) is 8.38. The molecule has 2 heterocycles. The number of ether oxygens (including phenoxy) is 1. The lowest BCUT2D eigenvalue weighted by Gasteiger charge is -2.32. The largest absolute Gasteiger partial charge is 0.573 e. The number of fused-ring (bicyclic) bond motifs is 1. The normalized spacial score (nSPS) is 18.8. The maximum absolute atomic E-state index is 15.0. The fourth-order valence-corrected chi connectivity index (χ4v) is 4.49. The van der Waals surface area contributed by atoms with E-state index in [0.29, 0.717) is 0 Å². The number of benzene rings is 2. The third-order valence-electron chi connectivity index (χ3n) is 5.94. The number of hydrogen-bond donors (Lipinski definition) is 1. The van der Waals surface area contributed by atoms with Gasteiger partial charge in [0.05, 0.1) is 18.4 Å². The highest BCUT2D eigenvalue weighted by Gasteiger charge is 2.49. The Morgan fingerprint density at radius 1 is 1.00 bits per heavy atom. The molecule has 0 radical (unpaired) electrons. The molecule has 36 heavy (non-hydrogen) atoms. The van der Waals surface area contributed by atoms with Crippen molar-refractivity contribution in [3.8, 4) is 5.75 Å². The zero-order valence-corrected chi connectivity index (χ0v) is 18.2. The second kappa shape index (κ2) is 9.23. The molecule has 0 saturated carbocycles. The number of aliphatic hydroxyl groups is 1. The molecule has 1 aliphatic heterocycles. The molecule has 0 spiro atoms. The van der Waals surface area contributed by atoms with Crippen LogP contribution in [0, 0.1) is 11.6 Å². The van der Waals surface area contributed by atoms with Gasteiger partial charge in [-0.25, -0.2) is 8.78 Å². The van der Waals surface area contributed by atoms with Crippen LogP contribution in [0.5, 0.6) is 5.75 Å². The SMILES string of the molecule is OC(CN1CC(Cc2ccc(F)cn2)(c2cccc(OC(F)(F)F)c2)c2cccc(F)c21)C(F)(F)F. The minimum absolute atomic E-state index is 0.127. The van der Waals surface area contributed by atoms with E-state index < -0.39 is 48.0 Å². The summed E-state index contributed by atoms with van der Waals surface area (Å²) in [5.41, 5.74) is -1.05. The van der Waals surface area contributed by atoms with Crippen LogP contribution < -0.4 is 9.64 Å². The summed E-state index contributed by atoms with van der Waals surface area (Å²) >= 11 is 0. The fraction of sp³-hybridized carbons (Fsp3) is 0.292. The van der Waals surface area contributed by atoms with E-state index in [9.17, 15) is 40.2 Å². The van der Waals surface area contributed by atoms with E-state index in [4.69, 9.17) is 0 Å². The summed E-state index contributed by atoms with van der Waals surface area (Å²) in [6.45, 7) is -1.36. The van der Waals surface area contributed by atoms with Crippen LogP contribution in [0.4, 0.5) is 40.8 Å². The number of nitrogens with zero attached hydrogens (tertiary/aromatic N) is 2. The van der Waals surface area contributed by atoms with Gasteiger partial charge < -0.3 is 14.7 Å². The fourth-order valence-electron chi connectivity index (χ4n) is 4.49. The van der Waals surface area contributed by atoms with Gasteiger partial charge in [-0.3, -0.25) is 4.98 Å². The first-order valence-electron chi connectivity index (χ1n) is 10.5. The van der Waals surface area contributed by atoms with Crippen LogP contribution in [0.1, 0.15) is 16.8 Å². The zero-order valence-electron chi connectivity index (χ0n) is 18.2. The second-order valence-corrected chi connectivity index (χ2v) is 8.38. The first-order valence-corrected chi connectivity index (χ1v) is 10.5. The lowest BCUT2D eigenvalue weighted by atomic mass is 9.72. The van der Waals surface area contributed by atoms with Crippen LogP contribution in [0.15, 0.2) is 60.8 Å². The third-order valence-corrected chi connectivity index (χ3v) is 5.94. The van der Waals surface area contributed by atoms with Crippen LogP contribution in [0.25, 0.3) is 0 Å². The van der Waals surface area contributed by atoms with Crippen molar-refractivity contribution >= 4 is 5.69 Å². The van der Waals surface area contributed by atoms with E-state index in [1.807, 2.05) is 0 Å². The molecular formula is C24H18F8N2O2. The number of alkyl halides is 6. The molecule has 12 heteroatoms. The minimum Gasteiger partial charge on any atom is -0.406 e. The van der Waals surface area contributed by atoms with Crippen molar-refractivity contribution in [2.45, 2.75) is 30.5 Å². The molecule has 0 bridgehead atoms. The summed E-state index contributed by atoms with van der Waals surface area (Å²) < 4.78 is 111. The quantitative estimate of drug-likeness (QED) is 0.436. The molecular weight excluding hydrogens is 500 g/mol. The van der Waals surface area contributed by atoms with Crippen molar-refractivity contribution in [2.75, 3.05) is 18.0 Å². The molecule has 1 aromatic heterocycles. The molecule has 192 valence electrons. The van der Waals surface area contributed by atoms with E-state index in [1.165, 1.54) is 30.3 Å². The zero-order chi connectivity index (χ0) is 26.3. The highest BCUT2D eigenvalue weighted by atomic mass is 19.4. The van der Waals surface area contributed by atoms with Gasteiger partial charge in [0.25, 0.3) is 0 Å². The first kappa shape index (κ1) is 25.7. The summed E-state index contributed by atoms with van der Waals surface area (Å²) in [4.78, 5) is 4.99. The molecule has 0 aliphatic carbocycles. The molecule has 0 saturated heterocycles. The topological polar surface area (TPSA) is 45.6 Å². The van der Waals surface area contributed by atoms with Crippen LogP contribution >= 0.6 is 0 Å². The molecule has 2 atom stereocenters. The number of rotatable bonds is 6. The third kappa shape index (κ3) is 5.23. The number of para-hydroxylation sites is 1. The average Bonchev–Trinajstić information content (AvgIpc) is 3.09. The van der Waals surface area contributed by atoms with Crippen molar-refractivity contribution in [1.82, 2.24) is 4.98 Å². The molecule has 0 fully saturated rings. The Bertz CT molecular complexity index is 1230. The van der Waals surface area contributed by atoms with Gasteiger partial charge in [0.2, 0.25) is 0 Å². The van der Waals surface area contributed by atoms with E-state index in [1.54, 1.807) is 0 Å². The predicted octanol–water partition coefficient (Wildman–Crippen LogP) is 5.53. The average molecular weight is 518 g/mol. The highest BCUT2D eigenvalue weighted by molar-refractivity contribution is 5.68. The minimum atomic E-state index is -5.01. The number of aromatic nitrogens is 1. The number of aliphatic hydroxyl groups excluding tert-OH is 1. The maximum atomic E-state index is 15.0. The van der Waals surface area contributed by atoms with Gasteiger partial charge in [0, 0.05) is 24.1 Å². The lowest BCUT2D eigenvalue weighted by molar-refractivity contribution is -0.274. The van der Waals surface area contributed by atoms with Gasteiger partial charge >= 0.3 is 12.5 Å². The standard InChI is InChI=1S/C24H18F8N2O2/c25-15-7-8-16(33-11-15)10-22(14-3-1-4-17(9-14)36-24(30,31)32)13-34(12-20(35)23(27,28)29)21-18(22)5-2-6-19(21)26/h1-9,11,20,35H,10,12-13H2. The van der Waals surface area contributed by atoms with Gasteiger partial charge in [0.15, 0.2) is 6.10 Å². The summed E-state index contributed by atoms with van der Waals surface area (Å²) in [5, 5.41) is 9.71. The smallest absolute Gasteiger partial charge is 0.406 e. The lowest BCUT2D eigenvalue weighted by Crippen LogP contribution is -2.44. The van der Waals surface area contributed by atoms with E-state index in [-0.39, 0.29) is 35.5 Å². The monoisotopic (exact) mass is 518 g/mol. The van der Waals surface area contributed by atoms with Crippen molar-refractivity contribution in [3.63, 3.8) is 0 Å². The van der Waals surface area contributed by atoms with Gasteiger partial charge in [-0.05, 0) is 41.5 Å². The Labute approximate surface area is 199 Å². The van der Waals surface area contributed by atoms with E-state index in [0.717, 1.165) is 35.4 Å². The number of hydrogen-bond acceptors (Lipinski definition) is 4. The number of anilines is 1. The van der Waals surface area contributed by atoms with Gasteiger partial charge in [-0.15, -0.1) is 13.2 Å². The van der Waals surface area contributed by atoms with Crippen LogP contribution in [-0.4, -0.2) is 41.8 Å². The Morgan fingerprint density at radius 3 is 2.36 bits per heavy atom. The Hall–Kier alpha value is -3.41. The molecule has 3 aromatic rings. The summed E-state index contributed by atoms with van der Waals surface area (Å²) in [5.74, 6) is -2.11. The molecule has 1 aliphatic rings. The summed E-state index contributed by atoms with van der Waals surface area (Å²) in [7, 11) is 0. The Balaban J connectivity index is 1.88. The van der Waals surface area contributed by atoms with Crippen molar-refractivity contribution in [1.29, 1.82) is 0 Å². The number of pyridine rings is 1. The molecule has 4 nitrogen and oxygen atoms in total. The Kier molecular flexibility index (Phi) is 6.58. The van der Waals surface area contributed by atoms with E-state index in [2.05, 4.69) is 9.72 Å². The summed E-state index contributed by atoms with van der Waals surface area (Å²) in [6.07, 6.45) is -12.0. The first-order chi connectivity index (χ1) is 16.8.